The molecule has 1 atom stereocenters. The van der Waals surface area contributed by atoms with Crippen molar-refractivity contribution in [2.45, 2.75) is 32.9 Å². The topological polar surface area (TPSA) is 79.2 Å². The average Bonchev–Trinajstić information content (AvgIpc) is 2.18. The van der Waals surface area contributed by atoms with Crippen molar-refractivity contribution in [3.8, 4) is 0 Å². The summed E-state index contributed by atoms with van der Waals surface area (Å²) in [5.74, 6) is -0.571. The Morgan fingerprint density at radius 1 is 1.40 bits per heavy atom. The molecule has 1 N–H and O–H groups in total. The summed E-state index contributed by atoms with van der Waals surface area (Å²) in [4.78, 5) is 16.5. The van der Waals surface area contributed by atoms with Crippen molar-refractivity contribution in [3.63, 3.8) is 0 Å². The molecule has 0 amide bonds. The maximum atomic E-state index is 10.9. The molecule has 1 aromatic rings. The zero-order valence-corrected chi connectivity index (χ0v) is 8.95. The van der Waals surface area contributed by atoms with E-state index in [1.807, 2.05) is 13.8 Å². The van der Waals surface area contributed by atoms with Crippen LogP contribution in [0.4, 0.5) is 5.95 Å². The van der Waals surface area contributed by atoms with Gasteiger partial charge in [0.2, 0.25) is 5.95 Å². The highest BCUT2D eigenvalue weighted by Crippen LogP contribution is 2.13. The standard InChI is InChI=1S/C9H14N4O2/c1-6(2)13(7(3)8(14)15)9-10-4-5-11-12-9/h4-7H,1-3H3,(H,14,15). The van der Waals surface area contributed by atoms with Crippen molar-refractivity contribution in [2.75, 3.05) is 4.90 Å². The third-order valence-corrected chi connectivity index (χ3v) is 2.03. The van der Waals surface area contributed by atoms with Crippen molar-refractivity contribution in [1.82, 2.24) is 15.2 Å². The SMILES string of the molecule is CC(C)N(c1nccnn1)C(C)C(=O)O. The van der Waals surface area contributed by atoms with Crippen LogP contribution >= 0.6 is 0 Å². The maximum absolute atomic E-state index is 10.9. The molecule has 0 aromatic carbocycles. The summed E-state index contributed by atoms with van der Waals surface area (Å²) in [5.41, 5.74) is 0. The lowest BCUT2D eigenvalue weighted by Gasteiger charge is -2.29. The van der Waals surface area contributed by atoms with Crippen LogP contribution in [-0.2, 0) is 4.79 Å². The number of aliphatic carboxylic acids is 1. The molecule has 0 saturated carbocycles. The van der Waals surface area contributed by atoms with E-state index in [1.165, 1.54) is 12.4 Å². The quantitative estimate of drug-likeness (QED) is 0.782. The summed E-state index contributed by atoms with van der Waals surface area (Å²) in [6.07, 6.45) is 2.94. The average molecular weight is 210 g/mol. The van der Waals surface area contributed by atoms with Gasteiger partial charge in [-0.15, -0.1) is 5.10 Å². The number of carboxylic acids is 1. The molecular formula is C9H14N4O2. The number of hydrogen-bond donors (Lipinski definition) is 1. The molecule has 82 valence electrons. The first-order valence-corrected chi connectivity index (χ1v) is 4.69. The van der Waals surface area contributed by atoms with Gasteiger partial charge in [0.15, 0.2) is 0 Å². The highest BCUT2D eigenvalue weighted by molar-refractivity contribution is 5.76. The van der Waals surface area contributed by atoms with E-state index in [2.05, 4.69) is 15.2 Å². The molecule has 15 heavy (non-hydrogen) atoms. The monoisotopic (exact) mass is 210 g/mol. The Hall–Kier alpha value is -1.72. The van der Waals surface area contributed by atoms with Crippen molar-refractivity contribution in [1.29, 1.82) is 0 Å². The molecule has 0 bridgehead atoms. The lowest BCUT2D eigenvalue weighted by molar-refractivity contribution is -0.138. The van der Waals surface area contributed by atoms with Crippen LogP contribution in [0.2, 0.25) is 0 Å². The number of carbonyl (C=O) groups is 1. The van der Waals surface area contributed by atoms with Gasteiger partial charge in [-0.25, -0.2) is 9.78 Å². The Labute approximate surface area is 88.0 Å². The molecule has 0 radical (unpaired) electrons. The number of rotatable bonds is 4. The lowest BCUT2D eigenvalue weighted by atomic mass is 10.2. The Morgan fingerprint density at radius 3 is 2.47 bits per heavy atom. The van der Waals surface area contributed by atoms with Crippen LogP contribution in [0.1, 0.15) is 20.8 Å². The minimum atomic E-state index is -0.906. The molecule has 1 unspecified atom stereocenters. The van der Waals surface area contributed by atoms with Gasteiger partial charge in [0.05, 0.1) is 12.4 Å². The molecule has 0 aliphatic rings. The van der Waals surface area contributed by atoms with Gasteiger partial charge in [0, 0.05) is 6.04 Å². The Kier molecular flexibility index (Phi) is 3.54. The van der Waals surface area contributed by atoms with Gasteiger partial charge in [-0.3, -0.25) is 0 Å². The van der Waals surface area contributed by atoms with Crippen LogP contribution in [0, 0.1) is 0 Å². The number of nitrogens with zero attached hydrogens (tertiary/aromatic N) is 4. The van der Waals surface area contributed by atoms with Gasteiger partial charge in [-0.05, 0) is 20.8 Å². The maximum Gasteiger partial charge on any atom is 0.326 e. The predicted molar refractivity (Wildman–Crippen MR) is 54.5 cm³/mol. The van der Waals surface area contributed by atoms with E-state index in [0.29, 0.717) is 5.95 Å². The first-order chi connectivity index (χ1) is 7.04. The van der Waals surface area contributed by atoms with Crippen LogP contribution in [0.15, 0.2) is 12.4 Å². The minimum absolute atomic E-state index is 0.000278. The first kappa shape index (κ1) is 11.4. The third-order valence-electron chi connectivity index (χ3n) is 2.03. The van der Waals surface area contributed by atoms with Crippen molar-refractivity contribution >= 4 is 11.9 Å². The highest BCUT2D eigenvalue weighted by Gasteiger charge is 2.25. The van der Waals surface area contributed by atoms with Crippen molar-refractivity contribution < 1.29 is 9.90 Å². The van der Waals surface area contributed by atoms with E-state index in [1.54, 1.807) is 11.8 Å². The van der Waals surface area contributed by atoms with E-state index in [9.17, 15) is 4.79 Å². The van der Waals surface area contributed by atoms with Gasteiger partial charge in [-0.1, -0.05) is 0 Å². The number of carboxylic acid groups (broad SMARTS) is 1. The molecule has 0 spiro atoms. The fraction of sp³-hybridized carbons (Fsp3) is 0.556. The van der Waals surface area contributed by atoms with Gasteiger partial charge in [0.1, 0.15) is 6.04 Å². The molecule has 0 aliphatic carbocycles. The van der Waals surface area contributed by atoms with E-state index >= 15 is 0 Å². The second kappa shape index (κ2) is 4.68. The summed E-state index contributed by atoms with van der Waals surface area (Å²) in [6, 6.07) is -0.672. The van der Waals surface area contributed by atoms with Crippen molar-refractivity contribution in [2.24, 2.45) is 0 Å². The van der Waals surface area contributed by atoms with Gasteiger partial charge in [-0.2, -0.15) is 5.10 Å². The van der Waals surface area contributed by atoms with E-state index in [4.69, 9.17) is 5.11 Å². The normalized spacial score (nSPS) is 12.5. The van der Waals surface area contributed by atoms with Crippen LogP contribution in [-0.4, -0.2) is 38.3 Å². The zero-order chi connectivity index (χ0) is 11.4. The first-order valence-electron chi connectivity index (χ1n) is 4.69. The lowest BCUT2D eigenvalue weighted by Crippen LogP contribution is -2.44. The molecule has 6 heteroatoms. The van der Waals surface area contributed by atoms with Crippen LogP contribution in [0.5, 0.6) is 0 Å². The molecule has 0 fully saturated rings. The Morgan fingerprint density at radius 2 is 2.07 bits per heavy atom. The van der Waals surface area contributed by atoms with Crippen molar-refractivity contribution in [3.05, 3.63) is 12.4 Å². The Bertz CT molecular complexity index is 328. The van der Waals surface area contributed by atoms with E-state index in [0.717, 1.165) is 0 Å². The summed E-state index contributed by atoms with van der Waals surface area (Å²) in [7, 11) is 0. The minimum Gasteiger partial charge on any atom is -0.480 e. The zero-order valence-electron chi connectivity index (χ0n) is 8.95. The fourth-order valence-electron chi connectivity index (χ4n) is 1.33. The summed E-state index contributed by atoms with van der Waals surface area (Å²) in [6.45, 7) is 5.37. The fourth-order valence-corrected chi connectivity index (χ4v) is 1.33. The highest BCUT2D eigenvalue weighted by atomic mass is 16.4. The molecule has 1 aromatic heterocycles. The second-order valence-electron chi connectivity index (χ2n) is 3.46. The van der Waals surface area contributed by atoms with Crippen LogP contribution < -0.4 is 4.90 Å². The number of hydrogen-bond acceptors (Lipinski definition) is 5. The molecule has 6 nitrogen and oxygen atoms in total. The summed E-state index contributed by atoms with van der Waals surface area (Å²) in [5, 5.41) is 16.4. The summed E-state index contributed by atoms with van der Waals surface area (Å²) < 4.78 is 0. The molecule has 1 heterocycles. The molecular weight excluding hydrogens is 196 g/mol. The molecule has 0 saturated heterocycles. The van der Waals surface area contributed by atoms with Gasteiger partial charge in [0.25, 0.3) is 0 Å². The van der Waals surface area contributed by atoms with Crippen LogP contribution in [0.3, 0.4) is 0 Å². The molecule has 0 aliphatic heterocycles. The third kappa shape index (κ3) is 2.61. The predicted octanol–water partition coefficient (Wildman–Crippen LogP) is 0.560. The van der Waals surface area contributed by atoms with Crippen LogP contribution in [0.25, 0.3) is 0 Å². The Balaban J connectivity index is 2.99. The summed E-state index contributed by atoms with van der Waals surface area (Å²) >= 11 is 0. The van der Waals surface area contributed by atoms with E-state index in [-0.39, 0.29) is 6.04 Å². The second-order valence-corrected chi connectivity index (χ2v) is 3.46. The number of aromatic nitrogens is 3. The van der Waals surface area contributed by atoms with Gasteiger partial charge >= 0.3 is 5.97 Å². The smallest absolute Gasteiger partial charge is 0.326 e. The van der Waals surface area contributed by atoms with Gasteiger partial charge < -0.3 is 10.0 Å². The molecule has 1 rings (SSSR count). The largest absolute Gasteiger partial charge is 0.480 e. The number of anilines is 1. The van der Waals surface area contributed by atoms with E-state index < -0.39 is 12.0 Å².